The van der Waals surface area contributed by atoms with E-state index in [2.05, 4.69) is 9.72 Å². The second-order valence-electron chi connectivity index (χ2n) is 6.85. The van der Waals surface area contributed by atoms with Crippen LogP contribution >= 0.6 is 0 Å². The lowest BCUT2D eigenvalue weighted by atomic mass is 10.0. The fourth-order valence-electron chi connectivity index (χ4n) is 3.94. The monoisotopic (exact) mass is 375 g/mol. The molecule has 7 nitrogen and oxygen atoms in total. The van der Waals surface area contributed by atoms with Crippen LogP contribution in [0, 0.1) is 0 Å². The molecule has 0 saturated heterocycles. The number of hydrogen-bond donors (Lipinski definition) is 0. The van der Waals surface area contributed by atoms with E-state index < -0.39 is 11.5 Å². The summed E-state index contributed by atoms with van der Waals surface area (Å²) in [5.41, 5.74) is 4.90. The summed E-state index contributed by atoms with van der Waals surface area (Å²) in [5, 5.41) is 0.810. The summed E-state index contributed by atoms with van der Waals surface area (Å²) in [5.74, 6) is -0.523. The molecule has 0 unspecified atom stereocenters. The molecular formula is C21H17N3O4. The lowest BCUT2D eigenvalue weighted by molar-refractivity contribution is -0.141. The molecule has 1 aliphatic rings. The van der Waals surface area contributed by atoms with Crippen LogP contribution in [0.15, 0.2) is 45.9 Å². The smallest absolute Gasteiger partial charge is 0.325 e. The third-order valence-corrected chi connectivity index (χ3v) is 5.24. The number of pyridine rings is 1. The maximum Gasteiger partial charge on any atom is 0.325 e. The summed E-state index contributed by atoms with van der Waals surface area (Å²) in [6, 6.07) is 9.98. The Bertz CT molecular complexity index is 1290. The normalized spacial score (nSPS) is 13.2. The van der Waals surface area contributed by atoms with Crippen molar-refractivity contribution in [1.82, 2.24) is 14.5 Å². The lowest BCUT2D eigenvalue weighted by Crippen LogP contribution is -2.24. The van der Waals surface area contributed by atoms with Gasteiger partial charge in [0.15, 0.2) is 0 Å². The van der Waals surface area contributed by atoms with E-state index in [-0.39, 0.29) is 12.1 Å². The molecule has 5 rings (SSSR count). The SMILES string of the molecule is COC(=O)Cn1cnc2c(oc3nc(-c4ccccc4)c4c(c32)CCC4)c1=O. The van der Waals surface area contributed by atoms with Crippen LogP contribution in [0.25, 0.3) is 33.5 Å². The topological polar surface area (TPSA) is 87.2 Å². The molecule has 1 aliphatic carbocycles. The number of carbonyl (C=O) groups excluding carboxylic acids is 1. The maximum absolute atomic E-state index is 12.8. The van der Waals surface area contributed by atoms with Crippen molar-refractivity contribution >= 4 is 28.2 Å². The number of ether oxygens (including phenoxy) is 1. The standard InChI is InChI=1S/C21H17N3O4/c1-27-15(25)10-24-11-22-18-16-13-8-5-9-14(13)17(12-6-3-2-4-7-12)23-20(16)28-19(18)21(24)26/h2-4,6-7,11H,5,8-10H2,1H3. The quantitative estimate of drug-likeness (QED) is 0.512. The van der Waals surface area contributed by atoms with Crippen molar-refractivity contribution in [2.45, 2.75) is 25.8 Å². The number of hydrogen-bond acceptors (Lipinski definition) is 6. The predicted octanol–water partition coefficient (Wildman–Crippen LogP) is 2.87. The van der Waals surface area contributed by atoms with Crippen LogP contribution in [-0.2, 0) is 28.9 Å². The van der Waals surface area contributed by atoms with Gasteiger partial charge in [-0.1, -0.05) is 30.3 Å². The maximum atomic E-state index is 12.8. The first kappa shape index (κ1) is 16.7. The van der Waals surface area contributed by atoms with Gasteiger partial charge >= 0.3 is 5.97 Å². The van der Waals surface area contributed by atoms with Gasteiger partial charge in [-0.05, 0) is 30.4 Å². The molecular weight excluding hydrogens is 358 g/mol. The third-order valence-electron chi connectivity index (χ3n) is 5.24. The summed E-state index contributed by atoms with van der Waals surface area (Å²) in [6.07, 6.45) is 4.23. The van der Waals surface area contributed by atoms with E-state index in [0.717, 1.165) is 41.5 Å². The van der Waals surface area contributed by atoms with Crippen LogP contribution in [0.1, 0.15) is 17.5 Å². The second-order valence-corrected chi connectivity index (χ2v) is 6.85. The highest BCUT2D eigenvalue weighted by atomic mass is 16.5. The molecule has 7 heteroatoms. The molecule has 0 N–H and O–H groups in total. The van der Waals surface area contributed by atoms with Gasteiger partial charge < -0.3 is 9.15 Å². The van der Waals surface area contributed by atoms with Gasteiger partial charge in [-0.25, -0.2) is 9.97 Å². The molecule has 0 fully saturated rings. The summed E-state index contributed by atoms with van der Waals surface area (Å²) in [7, 11) is 1.28. The number of aromatic nitrogens is 3. The number of rotatable bonds is 3. The van der Waals surface area contributed by atoms with Gasteiger partial charge in [-0.15, -0.1) is 0 Å². The lowest BCUT2D eigenvalue weighted by Gasteiger charge is -2.08. The molecule has 0 bridgehead atoms. The van der Waals surface area contributed by atoms with Gasteiger partial charge in [-0.2, -0.15) is 0 Å². The van der Waals surface area contributed by atoms with Crippen molar-refractivity contribution in [3.63, 3.8) is 0 Å². The molecule has 28 heavy (non-hydrogen) atoms. The molecule has 3 heterocycles. The van der Waals surface area contributed by atoms with E-state index in [0.29, 0.717) is 11.2 Å². The van der Waals surface area contributed by atoms with Gasteiger partial charge in [0.05, 0.1) is 24.5 Å². The molecule has 0 atom stereocenters. The second kappa shape index (κ2) is 6.30. The van der Waals surface area contributed by atoms with Gasteiger partial charge in [0.1, 0.15) is 12.1 Å². The zero-order valence-corrected chi connectivity index (χ0v) is 15.3. The Kier molecular flexibility index (Phi) is 3.75. The van der Waals surface area contributed by atoms with Crippen LogP contribution in [-0.4, -0.2) is 27.6 Å². The molecule has 4 aromatic rings. The van der Waals surface area contributed by atoms with Crippen molar-refractivity contribution in [2.75, 3.05) is 7.11 Å². The van der Waals surface area contributed by atoms with E-state index in [1.54, 1.807) is 0 Å². The van der Waals surface area contributed by atoms with Crippen LogP contribution in [0.5, 0.6) is 0 Å². The first-order valence-electron chi connectivity index (χ1n) is 9.13. The number of benzene rings is 1. The third kappa shape index (κ3) is 2.43. The van der Waals surface area contributed by atoms with Gasteiger partial charge in [0, 0.05) is 5.56 Å². The average Bonchev–Trinajstić information content (AvgIpc) is 3.34. The molecule has 0 amide bonds. The molecule has 0 saturated carbocycles. The van der Waals surface area contributed by atoms with E-state index in [4.69, 9.17) is 9.40 Å². The number of carbonyl (C=O) groups is 1. The highest BCUT2D eigenvalue weighted by Gasteiger charge is 2.26. The number of esters is 1. The summed E-state index contributed by atoms with van der Waals surface area (Å²) in [6.45, 7) is -0.212. The van der Waals surface area contributed by atoms with E-state index in [9.17, 15) is 9.59 Å². The molecule has 3 aromatic heterocycles. The molecule has 1 aromatic carbocycles. The Labute approximate surface area is 159 Å². The highest BCUT2D eigenvalue weighted by molar-refractivity contribution is 6.04. The van der Waals surface area contributed by atoms with Crippen LogP contribution < -0.4 is 5.56 Å². The van der Waals surface area contributed by atoms with Gasteiger partial charge in [0.25, 0.3) is 5.56 Å². The van der Waals surface area contributed by atoms with E-state index in [1.165, 1.54) is 23.6 Å². The zero-order valence-electron chi connectivity index (χ0n) is 15.3. The van der Waals surface area contributed by atoms with Gasteiger partial charge in [-0.3, -0.25) is 14.2 Å². The fourth-order valence-corrected chi connectivity index (χ4v) is 3.94. The number of methoxy groups -OCH3 is 1. The van der Waals surface area contributed by atoms with Crippen LogP contribution in [0.3, 0.4) is 0 Å². The van der Waals surface area contributed by atoms with Gasteiger partial charge in [0.2, 0.25) is 11.3 Å². The Morgan fingerprint density at radius 1 is 1.21 bits per heavy atom. The molecule has 0 aliphatic heterocycles. The minimum atomic E-state index is -0.523. The molecule has 0 radical (unpaired) electrons. The summed E-state index contributed by atoms with van der Waals surface area (Å²) < 4.78 is 11.7. The van der Waals surface area contributed by atoms with Crippen molar-refractivity contribution in [2.24, 2.45) is 0 Å². The van der Waals surface area contributed by atoms with Crippen molar-refractivity contribution < 1.29 is 13.9 Å². The van der Waals surface area contributed by atoms with Crippen LogP contribution in [0.2, 0.25) is 0 Å². The number of fused-ring (bicyclic) bond motifs is 5. The Balaban J connectivity index is 1.79. The number of aryl methyl sites for hydroxylation is 1. The Morgan fingerprint density at radius 3 is 2.79 bits per heavy atom. The molecule has 0 spiro atoms. The first-order valence-corrected chi connectivity index (χ1v) is 9.13. The summed E-state index contributed by atoms with van der Waals surface area (Å²) >= 11 is 0. The fraction of sp³-hybridized carbons (Fsp3) is 0.238. The number of nitrogens with zero attached hydrogens (tertiary/aromatic N) is 3. The van der Waals surface area contributed by atoms with E-state index >= 15 is 0 Å². The van der Waals surface area contributed by atoms with Crippen molar-refractivity contribution in [1.29, 1.82) is 0 Å². The molecule has 140 valence electrons. The van der Waals surface area contributed by atoms with Crippen molar-refractivity contribution in [3.05, 3.63) is 58.1 Å². The Morgan fingerprint density at radius 2 is 2.00 bits per heavy atom. The average molecular weight is 375 g/mol. The van der Waals surface area contributed by atoms with E-state index in [1.807, 2.05) is 30.3 Å². The number of furan rings is 1. The first-order chi connectivity index (χ1) is 13.7. The summed E-state index contributed by atoms with van der Waals surface area (Å²) in [4.78, 5) is 33.5. The van der Waals surface area contributed by atoms with Crippen LogP contribution in [0.4, 0.5) is 0 Å². The van der Waals surface area contributed by atoms with Crippen molar-refractivity contribution in [3.8, 4) is 11.3 Å². The minimum Gasteiger partial charge on any atom is -0.468 e. The largest absolute Gasteiger partial charge is 0.468 e. The minimum absolute atomic E-state index is 0.119. The highest BCUT2D eigenvalue weighted by Crippen LogP contribution is 2.38. The Hall–Kier alpha value is -3.48. The predicted molar refractivity (Wildman–Crippen MR) is 103 cm³/mol. The zero-order chi connectivity index (χ0) is 19.3.